The number of fused-ring (bicyclic) bond motifs is 5. The summed E-state index contributed by atoms with van der Waals surface area (Å²) in [5, 5.41) is 4.91. The Bertz CT molecular complexity index is 1790. The Balaban J connectivity index is 1.61. The molecule has 1 aromatic carbocycles. The van der Waals surface area contributed by atoms with E-state index in [4.69, 9.17) is 0 Å². The Hall–Kier alpha value is -3.50. The van der Waals surface area contributed by atoms with E-state index in [0.717, 1.165) is 47.5 Å². The number of thiophene rings is 1. The highest BCUT2D eigenvalue weighted by Gasteiger charge is 2.22. The van der Waals surface area contributed by atoms with E-state index in [0.29, 0.717) is 36.5 Å². The monoisotopic (exact) mass is 492 g/mol. The average Bonchev–Trinajstić information content (AvgIpc) is 3.49. The van der Waals surface area contributed by atoms with Crippen molar-refractivity contribution in [3.05, 3.63) is 77.5 Å². The molecule has 0 unspecified atom stereocenters. The molecule has 1 aliphatic carbocycles. The number of hydrogen-bond acceptors (Lipinski definition) is 7. The van der Waals surface area contributed by atoms with Gasteiger partial charge in [-0.25, -0.2) is 13.5 Å². The molecule has 34 heavy (non-hydrogen) atoms. The molecule has 4 heterocycles. The van der Waals surface area contributed by atoms with Crippen LogP contribution >= 0.6 is 22.7 Å². The van der Waals surface area contributed by atoms with Crippen molar-refractivity contribution >= 4 is 49.8 Å². The first-order valence-electron chi connectivity index (χ1n) is 10.8. The maximum absolute atomic E-state index is 13.5. The van der Waals surface area contributed by atoms with Crippen LogP contribution in [0.5, 0.6) is 0 Å². The van der Waals surface area contributed by atoms with E-state index in [1.54, 1.807) is 24.4 Å². The number of carbonyl (C=O) groups excluding carboxylic acids is 1. The van der Waals surface area contributed by atoms with Gasteiger partial charge in [-0.2, -0.15) is 10.1 Å². The van der Waals surface area contributed by atoms with Crippen LogP contribution in [-0.2, 0) is 12.8 Å². The highest BCUT2D eigenvalue weighted by molar-refractivity contribution is 7.19. The highest BCUT2D eigenvalue weighted by Crippen LogP contribution is 2.34. The molecule has 0 fully saturated rings. The molecule has 0 bridgehead atoms. The van der Waals surface area contributed by atoms with Crippen LogP contribution in [0, 0.1) is 5.82 Å². The van der Waals surface area contributed by atoms with E-state index >= 15 is 0 Å². The van der Waals surface area contributed by atoms with Crippen LogP contribution in [0.2, 0.25) is 0 Å². The molecule has 0 aliphatic heterocycles. The minimum Gasteiger partial charge on any atom is -0.273 e. The first-order valence-corrected chi connectivity index (χ1v) is 12.4. The third kappa shape index (κ3) is 3.24. The maximum atomic E-state index is 13.5. The molecule has 1 aliphatic rings. The second kappa shape index (κ2) is 7.78. The molecule has 0 amide bonds. The van der Waals surface area contributed by atoms with Gasteiger partial charge in [0.2, 0.25) is 10.9 Å². The third-order valence-electron chi connectivity index (χ3n) is 6.04. The van der Waals surface area contributed by atoms with Crippen molar-refractivity contribution in [3.8, 4) is 11.3 Å². The highest BCUT2D eigenvalue weighted by atomic mass is 32.1. The fourth-order valence-corrected chi connectivity index (χ4v) is 6.82. The second-order valence-electron chi connectivity index (χ2n) is 8.25. The van der Waals surface area contributed by atoms with Gasteiger partial charge in [-0.05, 0) is 61.6 Å². The third-order valence-corrected chi connectivity index (χ3v) is 8.29. The van der Waals surface area contributed by atoms with Crippen LogP contribution in [0.25, 0.3) is 32.5 Å². The minimum atomic E-state index is -0.384. The van der Waals surface area contributed by atoms with E-state index in [2.05, 4.69) is 10.1 Å². The SMILES string of the molecule is CC(=O)n1cc(/C=c2\sc3nc(=O)c4c5c(sc4n3c2=O)CCCC5)c(-c2ccc(F)cc2)n1. The van der Waals surface area contributed by atoms with Gasteiger partial charge in [-0.15, -0.1) is 11.3 Å². The van der Waals surface area contributed by atoms with E-state index in [1.807, 2.05) is 0 Å². The van der Waals surface area contributed by atoms with Gasteiger partial charge in [0, 0.05) is 29.1 Å². The molecule has 10 heteroatoms. The van der Waals surface area contributed by atoms with Crippen molar-refractivity contribution in [2.45, 2.75) is 32.6 Å². The zero-order valence-electron chi connectivity index (χ0n) is 18.0. The maximum Gasteiger partial charge on any atom is 0.282 e. The smallest absolute Gasteiger partial charge is 0.273 e. The molecule has 0 radical (unpaired) electrons. The topological polar surface area (TPSA) is 86.3 Å². The summed E-state index contributed by atoms with van der Waals surface area (Å²) in [5.41, 5.74) is 2.08. The molecule has 0 N–H and O–H groups in total. The van der Waals surface area contributed by atoms with Crippen LogP contribution in [-0.4, -0.2) is 25.1 Å². The lowest BCUT2D eigenvalue weighted by atomic mass is 9.97. The Morgan fingerprint density at radius 2 is 1.88 bits per heavy atom. The Labute approximate surface area is 199 Å². The molecule has 0 spiro atoms. The van der Waals surface area contributed by atoms with E-state index < -0.39 is 0 Å². The van der Waals surface area contributed by atoms with Crippen molar-refractivity contribution in [3.63, 3.8) is 0 Å². The van der Waals surface area contributed by atoms with Gasteiger partial charge in [0.15, 0.2) is 0 Å². The van der Waals surface area contributed by atoms with Crippen LogP contribution < -0.4 is 15.7 Å². The quantitative estimate of drug-likeness (QED) is 0.377. The number of rotatable bonds is 2. The predicted octanol–water partition coefficient (Wildman–Crippen LogP) is 3.42. The zero-order chi connectivity index (χ0) is 23.6. The van der Waals surface area contributed by atoms with Crippen molar-refractivity contribution < 1.29 is 9.18 Å². The van der Waals surface area contributed by atoms with Gasteiger partial charge < -0.3 is 0 Å². The molecule has 0 saturated carbocycles. The molecular formula is C24H17FN4O3S2. The molecule has 4 aromatic heterocycles. The summed E-state index contributed by atoms with van der Waals surface area (Å²) < 4.78 is 16.5. The average molecular weight is 493 g/mol. The molecule has 7 nitrogen and oxygen atoms in total. The number of hydrogen-bond donors (Lipinski definition) is 0. The summed E-state index contributed by atoms with van der Waals surface area (Å²) in [7, 11) is 0. The lowest BCUT2D eigenvalue weighted by Crippen LogP contribution is -2.24. The summed E-state index contributed by atoms with van der Waals surface area (Å²) in [6, 6.07) is 5.77. The van der Waals surface area contributed by atoms with E-state index in [-0.39, 0.29) is 22.8 Å². The number of halogens is 1. The van der Waals surface area contributed by atoms with Gasteiger partial charge in [-0.1, -0.05) is 11.3 Å². The van der Waals surface area contributed by atoms with Crippen molar-refractivity contribution in [2.24, 2.45) is 0 Å². The number of aromatic nitrogens is 4. The first kappa shape index (κ1) is 21.1. The number of benzene rings is 1. The number of thiazole rings is 1. The Morgan fingerprint density at radius 3 is 2.65 bits per heavy atom. The summed E-state index contributed by atoms with van der Waals surface area (Å²) in [6.45, 7) is 1.38. The second-order valence-corrected chi connectivity index (χ2v) is 10.3. The van der Waals surface area contributed by atoms with Crippen LogP contribution in [0.4, 0.5) is 4.39 Å². The Morgan fingerprint density at radius 1 is 1.12 bits per heavy atom. The summed E-state index contributed by atoms with van der Waals surface area (Å²) in [6.07, 6.45) is 7.05. The normalized spacial score (nSPS) is 14.2. The summed E-state index contributed by atoms with van der Waals surface area (Å²) >= 11 is 2.63. The Kier molecular flexibility index (Phi) is 4.82. The van der Waals surface area contributed by atoms with Gasteiger partial charge in [0.05, 0.1) is 9.92 Å². The molecular weight excluding hydrogens is 475 g/mol. The van der Waals surface area contributed by atoms with Crippen molar-refractivity contribution in [1.29, 1.82) is 0 Å². The molecule has 0 atom stereocenters. The van der Waals surface area contributed by atoms with Gasteiger partial charge in [0.1, 0.15) is 16.3 Å². The molecule has 5 aromatic rings. The van der Waals surface area contributed by atoms with Crippen molar-refractivity contribution in [2.75, 3.05) is 0 Å². The minimum absolute atomic E-state index is 0.267. The zero-order valence-corrected chi connectivity index (χ0v) is 19.6. The number of nitrogens with zero attached hydrogens (tertiary/aromatic N) is 4. The largest absolute Gasteiger partial charge is 0.282 e. The summed E-state index contributed by atoms with van der Waals surface area (Å²) in [4.78, 5) is 44.7. The summed E-state index contributed by atoms with van der Waals surface area (Å²) in [5.74, 6) is -0.676. The van der Waals surface area contributed by atoms with Gasteiger partial charge in [-0.3, -0.25) is 14.4 Å². The van der Waals surface area contributed by atoms with Crippen LogP contribution in [0.3, 0.4) is 0 Å². The molecule has 0 saturated heterocycles. The number of carbonyl (C=O) groups is 1. The lowest BCUT2D eigenvalue weighted by Gasteiger charge is -2.09. The van der Waals surface area contributed by atoms with Gasteiger partial charge in [0.25, 0.3) is 11.1 Å². The fourth-order valence-electron chi connectivity index (χ4n) is 4.43. The first-order chi connectivity index (χ1) is 16.4. The van der Waals surface area contributed by atoms with E-state index in [1.165, 1.54) is 39.5 Å². The van der Waals surface area contributed by atoms with Crippen LogP contribution in [0.1, 0.15) is 40.6 Å². The molecule has 6 rings (SSSR count). The predicted molar refractivity (Wildman–Crippen MR) is 130 cm³/mol. The van der Waals surface area contributed by atoms with Crippen molar-refractivity contribution in [1.82, 2.24) is 19.2 Å². The standard InChI is InChI=1S/C24H17FN4O3S2/c1-12(30)28-11-14(20(27-28)13-6-8-15(25)9-7-13)10-18-22(32)29-23-19(21(31)26-24(29)34-18)16-4-2-3-5-17(16)33-23/h6-11H,2-5H2,1H3/b18-10-. The molecule has 170 valence electrons. The van der Waals surface area contributed by atoms with E-state index in [9.17, 15) is 18.8 Å². The fraction of sp³-hybridized carbons (Fsp3) is 0.208. The number of aryl methyl sites for hydroxylation is 2. The lowest BCUT2D eigenvalue weighted by molar-refractivity contribution is 0.0921. The van der Waals surface area contributed by atoms with Crippen LogP contribution in [0.15, 0.2) is 40.1 Å². The van der Waals surface area contributed by atoms with Gasteiger partial charge >= 0.3 is 0 Å².